The van der Waals surface area contributed by atoms with Gasteiger partial charge in [-0.3, -0.25) is 4.79 Å². The lowest BCUT2D eigenvalue weighted by Crippen LogP contribution is -2.24. The van der Waals surface area contributed by atoms with Gasteiger partial charge in [-0.2, -0.15) is 4.39 Å². The molecule has 0 spiro atoms. The van der Waals surface area contributed by atoms with Crippen LogP contribution >= 0.6 is 0 Å². The van der Waals surface area contributed by atoms with E-state index >= 15 is 0 Å². The topological polar surface area (TPSA) is 42.0 Å². The molecule has 0 aromatic carbocycles. The lowest BCUT2D eigenvalue weighted by molar-refractivity contribution is 0.0952. The number of amides is 1. The summed E-state index contributed by atoms with van der Waals surface area (Å²) < 4.78 is 12.7. The molecule has 0 unspecified atom stereocenters. The van der Waals surface area contributed by atoms with Crippen LogP contribution in [0.3, 0.4) is 0 Å². The number of aromatic nitrogens is 1. The van der Waals surface area contributed by atoms with Crippen LogP contribution in [0.2, 0.25) is 0 Å². The van der Waals surface area contributed by atoms with Crippen LogP contribution in [0.4, 0.5) is 4.39 Å². The molecule has 1 amide bonds. The Hall–Kier alpha value is -1.45. The number of carbonyl (C=O) groups excluding carboxylic acids is 1. The van der Waals surface area contributed by atoms with Gasteiger partial charge in [0, 0.05) is 24.4 Å². The first-order chi connectivity index (χ1) is 7.25. The van der Waals surface area contributed by atoms with E-state index in [2.05, 4.69) is 10.3 Å². The largest absolute Gasteiger partial charge is 0.352 e. The number of halogens is 1. The normalized spacial score (nSPS) is 15.0. The fourth-order valence-corrected chi connectivity index (χ4v) is 1.44. The molecule has 3 nitrogen and oxygen atoms in total. The molecule has 1 fully saturated rings. The number of hydrogen-bond acceptors (Lipinski definition) is 2. The molecule has 1 aliphatic carbocycles. The minimum Gasteiger partial charge on any atom is -0.352 e. The average Bonchev–Trinajstić information content (AvgIpc) is 3.01. The fraction of sp³-hybridized carbons (Fsp3) is 0.455. The summed E-state index contributed by atoms with van der Waals surface area (Å²) in [5, 5.41) is 2.76. The lowest BCUT2D eigenvalue weighted by Gasteiger charge is -2.03. The molecule has 1 saturated carbocycles. The van der Waals surface area contributed by atoms with Crippen molar-refractivity contribution in [3.8, 4) is 0 Å². The lowest BCUT2D eigenvalue weighted by atomic mass is 10.2. The maximum atomic E-state index is 12.7. The van der Waals surface area contributed by atoms with Gasteiger partial charge in [0.25, 0.3) is 5.91 Å². The van der Waals surface area contributed by atoms with Gasteiger partial charge < -0.3 is 5.32 Å². The molecule has 1 N–H and O–H groups in total. The molecule has 80 valence electrons. The second-order valence-electron chi connectivity index (χ2n) is 3.86. The minimum atomic E-state index is -0.621. The van der Waals surface area contributed by atoms with Crippen molar-refractivity contribution < 1.29 is 9.18 Å². The van der Waals surface area contributed by atoms with Gasteiger partial charge in [0.2, 0.25) is 5.95 Å². The van der Waals surface area contributed by atoms with Crippen LogP contribution in [0.1, 0.15) is 29.6 Å². The smallest absolute Gasteiger partial charge is 0.251 e. The molecule has 15 heavy (non-hydrogen) atoms. The van der Waals surface area contributed by atoms with E-state index < -0.39 is 5.95 Å². The number of carbonyl (C=O) groups is 1. The van der Waals surface area contributed by atoms with Crippen LogP contribution in [0.25, 0.3) is 0 Å². The number of nitrogens with one attached hydrogen (secondary N) is 1. The predicted octanol–water partition coefficient (Wildman–Crippen LogP) is 1.75. The minimum absolute atomic E-state index is 0.225. The van der Waals surface area contributed by atoms with E-state index in [1.807, 2.05) is 0 Å². The van der Waals surface area contributed by atoms with Gasteiger partial charge in [0.05, 0.1) is 0 Å². The molecule has 2 rings (SSSR count). The third-order valence-electron chi connectivity index (χ3n) is 2.52. The predicted molar refractivity (Wildman–Crippen MR) is 53.9 cm³/mol. The summed E-state index contributed by atoms with van der Waals surface area (Å²) in [5.41, 5.74) is 0.332. The maximum Gasteiger partial charge on any atom is 0.251 e. The van der Waals surface area contributed by atoms with Crippen LogP contribution in [0, 0.1) is 11.9 Å². The van der Waals surface area contributed by atoms with Crippen molar-refractivity contribution in [3.05, 3.63) is 29.8 Å². The summed E-state index contributed by atoms with van der Waals surface area (Å²) in [6.07, 6.45) is 4.88. The van der Waals surface area contributed by atoms with Gasteiger partial charge in [0.1, 0.15) is 0 Å². The van der Waals surface area contributed by atoms with Crippen molar-refractivity contribution in [1.29, 1.82) is 0 Å². The zero-order valence-electron chi connectivity index (χ0n) is 8.37. The van der Waals surface area contributed by atoms with Crippen molar-refractivity contribution in [2.24, 2.45) is 5.92 Å². The second-order valence-corrected chi connectivity index (χ2v) is 3.86. The number of pyridine rings is 1. The Morgan fingerprint density at radius 1 is 1.60 bits per heavy atom. The first-order valence-electron chi connectivity index (χ1n) is 5.15. The number of rotatable bonds is 4. The van der Waals surface area contributed by atoms with Crippen LogP contribution in [-0.2, 0) is 0 Å². The molecular weight excluding hydrogens is 195 g/mol. The summed E-state index contributed by atoms with van der Waals surface area (Å²) in [6, 6.07) is 2.65. The quantitative estimate of drug-likeness (QED) is 0.766. The Labute approximate surface area is 87.7 Å². The van der Waals surface area contributed by atoms with Gasteiger partial charge in [-0.05, 0) is 18.4 Å². The van der Waals surface area contributed by atoms with Crippen molar-refractivity contribution in [1.82, 2.24) is 10.3 Å². The molecule has 0 bridgehead atoms. The van der Waals surface area contributed by atoms with Crippen molar-refractivity contribution in [2.75, 3.05) is 6.54 Å². The molecule has 0 saturated heterocycles. The number of hydrogen-bond donors (Lipinski definition) is 1. The Kier molecular flexibility index (Phi) is 2.94. The summed E-state index contributed by atoms with van der Waals surface area (Å²) in [4.78, 5) is 14.9. The van der Waals surface area contributed by atoms with E-state index in [1.54, 1.807) is 0 Å². The first-order valence-corrected chi connectivity index (χ1v) is 5.15. The zero-order chi connectivity index (χ0) is 10.7. The van der Waals surface area contributed by atoms with E-state index in [0.717, 1.165) is 18.4 Å². The zero-order valence-corrected chi connectivity index (χ0v) is 8.37. The van der Waals surface area contributed by atoms with E-state index in [4.69, 9.17) is 0 Å². The highest BCUT2D eigenvalue weighted by atomic mass is 19.1. The van der Waals surface area contributed by atoms with E-state index in [-0.39, 0.29) is 5.91 Å². The highest BCUT2D eigenvalue weighted by Gasteiger charge is 2.20. The average molecular weight is 208 g/mol. The molecule has 4 heteroatoms. The Bertz CT molecular complexity index is 363. The van der Waals surface area contributed by atoms with Crippen molar-refractivity contribution in [2.45, 2.75) is 19.3 Å². The van der Waals surface area contributed by atoms with Gasteiger partial charge in [-0.1, -0.05) is 12.8 Å². The van der Waals surface area contributed by atoms with Gasteiger partial charge in [0.15, 0.2) is 0 Å². The molecule has 1 heterocycles. The van der Waals surface area contributed by atoms with Crippen LogP contribution in [0.5, 0.6) is 0 Å². The first kappa shape index (κ1) is 10.1. The Balaban J connectivity index is 1.83. The Morgan fingerprint density at radius 2 is 2.40 bits per heavy atom. The second kappa shape index (κ2) is 4.38. The molecule has 1 aromatic heterocycles. The highest BCUT2D eigenvalue weighted by Crippen LogP contribution is 2.31. The summed E-state index contributed by atoms with van der Waals surface area (Å²) in [7, 11) is 0. The van der Waals surface area contributed by atoms with Crippen molar-refractivity contribution in [3.63, 3.8) is 0 Å². The summed E-state index contributed by atoms with van der Waals surface area (Å²) >= 11 is 0. The SMILES string of the molecule is O=C(NCCC1CC1)c1ccnc(F)c1. The summed E-state index contributed by atoms with van der Waals surface area (Å²) in [5.74, 6) is -0.0544. The molecule has 0 atom stereocenters. The van der Waals surface area contributed by atoms with Gasteiger partial charge in [-0.15, -0.1) is 0 Å². The monoisotopic (exact) mass is 208 g/mol. The Morgan fingerprint density at radius 3 is 3.07 bits per heavy atom. The molecular formula is C11H13FN2O. The molecule has 1 aromatic rings. The standard InChI is InChI=1S/C11H13FN2O/c12-10-7-9(4-6-13-10)11(15)14-5-3-8-1-2-8/h4,6-8H,1-3,5H2,(H,14,15). The van der Waals surface area contributed by atoms with Gasteiger partial charge in [-0.25, -0.2) is 4.98 Å². The third kappa shape index (κ3) is 3.01. The van der Waals surface area contributed by atoms with Crippen molar-refractivity contribution >= 4 is 5.91 Å². The van der Waals surface area contributed by atoms with E-state index in [1.165, 1.54) is 25.1 Å². The fourth-order valence-electron chi connectivity index (χ4n) is 1.44. The van der Waals surface area contributed by atoms with Crippen LogP contribution < -0.4 is 5.32 Å². The van der Waals surface area contributed by atoms with Crippen LogP contribution in [0.15, 0.2) is 18.3 Å². The van der Waals surface area contributed by atoms with Crippen LogP contribution in [-0.4, -0.2) is 17.4 Å². The van der Waals surface area contributed by atoms with Gasteiger partial charge >= 0.3 is 0 Å². The molecule has 0 aliphatic heterocycles. The third-order valence-corrected chi connectivity index (χ3v) is 2.52. The molecule has 1 aliphatic rings. The van der Waals surface area contributed by atoms with E-state index in [9.17, 15) is 9.18 Å². The highest BCUT2D eigenvalue weighted by molar-refractivity contribution is 5.93. The molecule has 0 radical (unpaired) electrons. The number of nitrogens with zero attached hydrogens (tertiary/aromatic N) is 1. The summed E-state index contributed by atoms with van der Waals surface area (Å²) in [6.45, 7) is 0.674. The van der Waals surface area contributed by atoms with E-state index in [0.29, 0.717) is 12.1 Å². The maximum absolute atomic E-state index is 12.7.